The molecule has 18 heavy (non-hydrogen) atoms. The van der Waals surface area contributed by atoms with E-state index in [1.54, 1.807) is 0 Å². The maximum atomic E-state index is 3.31. The molecule has 1 rings (SSSR count). The van der Waals surface area contributed by atoms with Crippen molar-refractivity contribution in [1.82, 2.24) is 15.1 Å². The summed E-state index contributed by atoms with van der Waals surface area (Å²) in [4.78, 5) is 5.23. The maximum Gasteiger partial charge on any atom is 0.0126 e. The molecule has 108 valence electrons. The van der Waals surface area contributed by atoms with Gasteiger partial charge in [-0.1, -0.05) is 6.42 Å². The Bertz CT molecular complexity index is 214. The fourth-order valence-corrected chi connectivity index (χ4v) is 2.57. The molecule has 0 radical (unpaired) electrons. The van der Waals surface area contributed by atoms with Gasteiger partial charge in [0.1, 0.15) is 0 Å². The van der Waals surface area contributed by atoms with E-state index in [1.807, 2.05) is 0 Å². The molecule has 0 aliphatic carbocycles. The predicted molar refractivity (Wildman–Crippen MR) is 80.1 cm³/mol. The Morgan fingerprint density at radius 2 is 1.67 bits per heavy atom. The van der Waals surface area contributed by atoms with Gasteiger partial charge in [-0.2, -0.15) is 0 Å². The third-order valence-electron chi connectivity index (χ3n) is 4.18. The van der Waals surface area contributed by atoms with Crippen molar-refractivity contribution in [2.75, 3.05) is 39.8 Å². The highest BCUT2D eigenvalue weighted by molar-refractivity contribution is 4.81. The Morgan fingerprint density at radius 1 is 1.06 bits per heavy atom. The third kappa shape index (κ3) is 5.68. The van der Waals surface area contributed by atoms with Gasteiger partial charge < -0.3 is 10.2 Å². The molecule has 0 spiro atoms. The van der Waals surface area contributed by atoms with Gasteiger partial charge in [-0.25, -0.2) is 0 Å². The molecule has 1 unspecified atom stereocenters. The van der Waals surface area contributed by atoms with Crippen LogP contribution in [0.1, 0.15) is 47.0 Å². The maximum absolute atomic E-state index is 3.31. The largest absolute Gasteiger partial charge is 0.317 e. The van der Waals surface area contributed by atoms with Crippen LogP contribution in [0.3, 0.4) is 0 Å². The minimum absolute atomic E-state index is 0.342. The number of nitrogens with zero attached hydrogens (tertiary/aromatic N) is 2. The highest BCUT2D eigenvalue weighted by Crippen LogP contribution is 2.16. The molecule has 1 saturated heterocycles. The van der Waals surface area contributed by atoms with Gasteiger partial charge in [0, 0.05) is 37.8 Å². The van der Waals surface area contributed by atoms with Crippen molar-refractivity contribution in [3.8, 4) is 0 Å². The van der Waals surface area contributed by atoms with Crippen molar-refractivity contribution in [2.45, 2.75) is 58.5 Å². The molecule has 1 heterocycles. The number of piperazine rings is 1. The second kappa shape index (κ2) is 7.46. The van der Waals surface area contributed by atoms with Gasteiger partial charge in [0.25, 0.3) is 0 Å². The van der Waals surface area contributed by atoms with E-state index < -0.39 is 0 Å². The van der Waals surface area contributed by atoms with E-state index in [0.717, 1.165) is 0 Å². The van der Waals surface area contributed by atoms with Crippen LogP contribution in [0.15, 0.2) is 0 Å². The summed E-state index contributed by atoms with van der Waals surface area (Å²) in [5.74, 6) is 0. The van der Waals surface area contributed by atoms with Gasteiger partial charge >= 0.3 is 0 Å². The zero-order valence-corrected chi connectivity index (χ0v) is 13.1. The number of nitrogens with one attached hydrogen (secondary N) is 1. The van der Waals surface area contributed by atoms with Gasteiger partial charge in [0.15, 0.2) is 0 Å². The molecular formula is C15H33N3. The van der Waals surface area contributed by atoms with E-state index in [2.05, 4.69) is 49.9 Å². The lowest BCUT2D eigenvalue weighted by Gasteiger charge is -2.42. The summed E-state index contributed by atoms with van der Waals surface area (Å²) in [6.07, 6.45) is 4.00. The van der Waals surface area contributed by atoms with E-state index in [1.165, 1.54) is 52.0 Å². The lowest BCUT2D eigenvalue weighted by Crippen LogP contribution is -2.53. The molecule has 0 amide bonds. The normalized spacial score (nSPS) is 21.2. The second-order valence-electron chi connectivity index (χ2n) is 6.69. The lowest BCUT2D eigenvalue weighted by atomic mass is 10.0. The van der Waals surface area contributed by atoms with Gasteiger partial charge in [-0.05, 0) is 54.1 Å². The molecule has 1 fully saturated rings. The van der Waals surface area contributed by atoms with Crippen molar-refractivity contribution in [2.24, 2.45) is 0 Å². The quantitative estimate of drug-likeness (QED) is 0.734. The van der Waals surface area contributed by atoms with E-state index in [9.17, 15) is 0 Å². The molecule has 1 aliphatic rings. The topological polar surface area (TPSA) is 18.5 Å². The van der Waals surface area contributed by atoms with Crippen molar-refractivity contribution < 1.29 is 0 Å². The van der Waals surface area contributed by atoms with E-state index in [4.69, 9.17) is 0 Å². The summed E-state index contributed by atoms with van der Waals surface area (Å²) in [5, 5.41) is 3.31. The summed E-state index contributed by atoms with van der Waals surface area (Å²) in [5.41, 5.74) is 0.342. The van der Waals surface area contributed by atoms with Gasteiger partial charge in [-0.3, -0.25) is 4.90 Å². The lowest BCUT2D eigenvalue weighted by molar-refractivity contribution is 0.0615. The molecule has 1 aliphatic heterocycles. The second-order valence-corrected chi connectivity index (χ2v) is 6.69. The number of rotatable bonds is 6. The van der Waals surface area contributed by atoms with Crippen molar-refractivity contribution in [3.05, 3.63) is 0 Å². The highest BCUT2D eigenvalue weighted by Gasteiger charge is 2.25. The van der Waals surface area contributed by atoms with E-state index in [-0.39, 0.29) is 0 Å². The van der Waals surface area contributed by atoms with Crippen LogP contribution in [-0.2, 0) is 0 Å². The Morgan fingerprint density at radius 3 is 2.17 bits per heavy atom. The average Bonchev–Trinajstić information content (AvgIpc) is 2.33. The summed E-state index contributed by atoms with van der Waals surface area (Å²) >= 11 is 0. The first-order chi connectivity index (χ1) is 8.43. The number of unbranched alkanes of at least 4 members (excludes halogenated alkanes) is 1. The predicted octanol–water partition coefficient (Wildman–Crippen LogP) is 2.18. The molecule has 0 aromatic carbocycles. The summed E-state index contributed by atoms with van der Waals surface area (Å²) < 4.78 is 0. The standard InChI is InChI=1S/C15H33N3/c1-14(16-5)8-6-7-9-17-10-12-18(13-11-17)15(2,3)4/h14,16H,6-13H2,1-5H3. The van der Waals surface area contributed by atoms with Gasteiger partial charge in [-0.15, -0.1) is 0 Å². The molecule has 3 heteroatoms. The van der Waals surface area contributed by atoms with Gasteiger partial charge in [0.2, 0.25) is 0 Å². The third-order valence-corrected chi connectivity index (χ3v) is 4.18. The van der Waals surface area contributed by atoms with Crippen LogP contribution in [0.25, 0.3) is 0 Å². The molecule has 0 saturated carbocycles. The molecule has 1 atom stereocenters. The zero-order chi connectivity index (χ0) is 13.6. The summed E-state index contributed by atoms with van der Waals surface area (Å²) in [6, 6.07) is 0.669. The van der Waals surface area contributed by atoms with Crippen LogP contribution in [0.4, 0.5) is 0 Å². The average molecular weight is 255 g/mol. The molecule has 0 bridgehead atoms. The van der Waals surface area contributed by atoms with Crippen LogP contribution in [-0.4, -0.2) is 61.2 Å². The Kier molecular flexibility index (Phi) is 6.61. The Balaban J connectivity index is 2.09. The van der Waals surface area contributed by atoms with Gasteiger partial charge in [0.05, 0.1) is 0 Å². The highest BCUT2D eigenvalue weighted by atomic mass is 15.3. The fourth-order valence-electron chi connectivity index (χ4n) is 2.57. The minimum atomic E-state index is 0.342. The van der Waals surface area contributed by atoms with Crippen LogP contribution < -0.4 is 5.32 Å². The van der Waals surface area contributed by atoms with Crippen molar-refractivity contribution >= 4 is 0 Å². The molecular weight excluding hydrogens is 222 g/mol. The Hall–Kier alpha value is -0.120. The van der Waals surface area contributed by atoms with E-state index in [0.29, 0.717) is 11.6 Å². The zero-order valence-electron chi connectivity index (χ0n) is 13.1. The first kappa shape index (κ1) is 15.9. The Labute approximate surface area is 114 Å². The van der Waals surface area contributed by atoms with Crippen molar-refractivity contribution in [3.63, 3.8) is 0 Å². The molecule has 3 nitrogen and oxygen atoms in total. The first-order valence-electron chi connectivity index (χ1n) is 7.58. The number of hydrogen-bond acceptors (Lipinski definition) is 3. The molecule has 1 N–H and O–H groups in total. The van der Waals surface area contributed by atoms with E-state index >= 15 is 0 Å². The SMILES string of the molecule is CNC(C)CCCCN1CCN(C(C)(C)C)CC1. The fraction of sp³-hybridized carbons (Fsp3) is 1.00. The first-order valence-corrected chi connectivity index (χ1v) is 7.58. The van der Waals surface area contributed by atoms with Crippen LogP contribution in [0, 0.1) is 0 Å². The van der Waals surface area contributed by atoms with Crippen LogP contribution in [0.2, 0.25) is 0 Å². The van der Waals surface area contributed by atoms with Crippen molar-refractivity contribution in [1.29, 1.82) is 0 Å². The van der Waals surface area contributed by atoms with Crippen LogP contribution in [0.5, 0.6) is 0 Å². The summed E-state index contributed by atoms with van der Waals surface area (Å²) in [7, 11) is 2.05. The molecule has 0 aromatic heterocycles. The molecule has 0 aromatic rings. The van der Waals surface area contributed by atoms with Crippen LogP contribution >= 0.6 is 0 Å². The minimum Gasteiger partial charge on any atom is -0.317 e. The summed E-state index contributed by atoms with van der Waals surface area (Å²) in [6.45, 7) is 15.5. The monoisotopic (exact) mass is 255 g/mol. The number of hydrogen-bond donors (Lipinski definition) is 1. The smallest absolute Gasteiger partial charge is 0.0126 e.